The topological polar surface area (TPSA) is 42.4 Å². The lowest BCUT2D eigenvalue weighted by Crippen LogP contribution is -2.24. The maximum Gasteiger partial charge on any atom is 0.311 e. The van der Waals surface area contributed by atoms with Gasteiger partial charge < -0.3 is 9.64 Å². The minimum absolute atomic E-state index is 0.226. The molecule has 2 rings (SSSR count). The number of nitrogens with zero attached hydrogens (tertiary/aromatic N) is 2. The van der Waals surface area contributed by atoms with Crippen molar-refractivity contribution < 1.29 is 9.53 Å². The van der Waals surface area contributed by atoms with Crippen molar-refractivity contribution in [1.82, 2.24) is 4.98 Å². The number of methoxy groups -OCH3 is 1. The zero-order chi connectivity index (χ0) is 13.0. The van der Waals surface area contributed by atoms with E-state index in [4.69, 9.17) is 0 Å². The summed E-state index contributed by atoms with van der Waals surface area (Å²) in [7, 11) is 1.41. The first kappa shape index (κ1) is 13.3. The second kappa shape index (κ2) is 6.18. The van der Waals surface area contributed by atoms with Crippen LogP contribution in [0.2, 0.25) is 0 Å². The van der Waals surface area contributed by atoms with E-state index in [-0.39, 0.29) is 12.4 Å². The van der Waals surface area contributed by atoms with Gasteiger partial charge in [-0.15, -0.1) is 11.3 Å². The van der Waals surface area contributed by atoms with E-state index in [0.717, 1.165) is 29.8 Å². The Morgan fingerprint density at radius 1 is 1.56 bits per heavy atom. The number of rotatable bonds is 3. The summed E-state index contributed by atoms with van der Waals surface area (Å²) in [5, 5.41) is 3.00. The molecule has 4 nitrogen and oxygen atoms in total. The molecule has 0 radical (unpaired) electrons. The Balaban J connectivity index is 1.98. The van der Waals surface area contributed by atoms with Crippen LogP contribution in [0.5, 0.6) is 0 Å². The van der Waals surface area contributed by atoms with Gasteiger partial charge in [0.25, 0.3) is 0 Å². The van der Waals surface area contributed by atoms with Gasteiger partial charge in [0.05, 0.1) is 19.2 Å². The fraction of sp³-hybridized carbons (Fsp3) is 0.692. The largest absolute Gasteiger partial charge is 0.469 e. The molecule has 1 unspecified atom stereocenters. The first-order valence-electron chi connectivity index (χ1n) is 6.45. The summed E-state index contributed by atoms with van der Waals surface area (Å²) in [4.78, 5) is 18.1. The molecule has 1 aromatic rings. The van der Waals surface area contributed by atoms with Crippen LogP contribution in [-0.2, 0) is 16.0 Å². The normalized spacial score (nSPS) is 20.6. The molecule has 0 aromatic carbocycles. The molecular weight excluding hydrogens is 248 g/mol. The van der Waals surface area contributed by atoms with E-state index in [9.17, 15) is 4.79 Å². The zero-order valence-corrected chi connectivity index (χ0v) is 11.8. The van der Waals surface area contributed by atoms with Crippen molar-refractivity contribution in [3.05, 3.63) is 11.1 Å². The van der Waals surface area contributed by atoms with Crippen molar-refractivity contribution in [2.24, 2.45) is 5.92 Å². The minimum atomic E-state index is -0.226. The average molecular weight is 268 g/mol. The lowest BCUT2D eigenvalue weighted by molar-refractivity contribution is -0.139. The summed E-state index contributed by atoms with van der Waals surface area (Å²) >= 11 is 1.63. The van der Waals surface area contributed by atoms with Crippen molar-refractivity contribution in [3.63, 3.8) is 0 Å². The number of thiazole rings is 1. The van der Waals surface area contributed by atoms with Gasteiger partial charge in [0.15, 0.2) is 5.13 Å². The molecule has 100 valence electrons. The maximum absolute atomic E-state index is 11.2. The van der Waals surface area contributed by atoms with E-state index in [1.54, 1.807) is 11.3 Å². The predicted octanol–water partition coefficient (Wildman–Crippen LogP) is 2.49. The Morgan fingerprint density at radius 2 is 2.39 bits per heavy atom. The summed E-state index contributed by atoms with van der Waals surface area (Å²) in [6, 6.07) is 0. The van der Waals surface area contributed by atoms with Crippen LogP contribution < -0.4 is 4.90 Å². The Kier molecular flexibility index (Phi) is 4.58. The molecule has 0 aliphatic carbocycles. The van der Waals surface area contributed by atoms with Crippen molar-refractivity contribution in [2.45, 2.75) is 32.6 Å². The van der Waals surface area contributed by atoms with Crippen molar-refractivity contribution in [3.8, 4) is 0 Å². The maximum atomic E-state index is 11.2. The van der Waals surface area contributed by atoms with E-state index in [0.29, 0.717) is 0 Å². The number of anilines is 1. The molecule has 1 aliphatic rings. The first-order valence-corrected chi connectivity index (χ1v) is 7.33. The summed E-state index contributed by atoms with van der Waals surface area (Å²) in [5.74, 6) is 0.584. The molecule has 0 bridgehead atoms. The third-order valence-electron chi connectivity index (χ3n) is 3.38. The second-order valence-corrected chi connectivity index (χ2v) is 5.73. The van der Waals surface area contributed by atoms with Crippen LogP contribution in [0.3, 0.4) is 0 Å². The van der Waals surface area contributed by atoms with Gasteiger partial charge >= 0.3 is 5.97 Å². The summed E-state index contributed by atoms with van der Waals surface area (Å²) in [5.41, 5.74) is 0.819. The highest BCUT2D eigenvalue weighted by Gasteiger charge is 2.17. The van der Waals surface area contributed by atoms with Gasteiger partial charge in [-0.25, -0.2) is 4.98 Å². The molecule has 5 heteroatoms. The predicted molar refractivity (Wildman–Crippen MR) is 73.1 cm³/mol. The molecule has 2 heterocycles. The van der Waals surface area contributed by atoms with Gasteiger partial charge in [-0.2, -0.15) is 0 Å². The lowest BCUT2D eigenvalue weighted by Gasteiger charge is -2.18. The molecule has 1 saturated heterocycles. The molecular formula is C13H20N2O2S. The molecule has 0 N–H and O–H groups in total. The number of carbonyl (C=O) groups excluding carboxylic acids is 1. The SMILES string of the molecule is COC(=O)Cc1csc(N2CCCC(C)CC2)n1. The number of hydrogen-bond donors (Lipinski definition) is 0. The molecule has 1 atom stereocenters. The van der Waals surface area contributed by atoms with Gasteiger partial charge in [0.2, 0.25) is 0 Å². The van der Waals surface area contributed by atoms with Crippen molar-refractivity contribution >= 4 is 22.4 Å². The molecule has 0 spiro atoms. The fourth-order valence-corrected chi connectivity index (χ4v) is 3.08. The highest BCUT2D eigenvalue weighted by atomic mass is 32.1. The third kappa shape index (κ3) is 3.45. The Labute approximate surface area is 112 Å². The Bertz CT molecular complexity index is 405. The van der Waals surface area contributed by atoms with E-state index in [1.807, 2.05) is 5.38 Å². The smallest absolute Gasteiger partial charge is 0.311 e. The highest BCUT2D eigenvalue weighted by molar-refractivity contribution is 7.13. The van der Waals surface area contributed by atoms with Crippen molar-refractivity contribution in [1.29, 1.82) is 0 Å². The molecule has 1 aromatic heterocycles. The molecule has 1 aliphatic heterocycles. The zero-order valence-electron chi connectivity index (χ0n) is 11.0. The minimum Gasteiger partial charge on any atom is -0.469 e. The van der Waals surface area contributed by atoms with E-state index < -0.39 is 0 Å². The average Bonchev–Trinajstić information content (AvgIpc) is 2.71. The van der Waals surface area contributed by atoms with Crippen LogP contribution in [0.1, 0.15) is 31.9 Å². The van der Waals surface area contributed by atoms with Crippen molar-refractivity contribution in [2.75, 3.05) is 25.1 Å². The highest BCUT2D eigenvalue weighted by Crippen LogP contribution is 2.25. The van der Waals surface area contributed by atoms with Crippen LogP contribution in [-0.4, -0.2) is 31.2 Å². The third-order valence-corrected chi connectivity index (χ3v) is 4.33. The standard InChI is InChI=1S/C13H20N2O2S/c1-10-4-3-6-15(7-5-10)13-14-11(9-18-13)8-12(16)17-2/h9-10H,3-8H2,1-2H3. The van der Waals surface area contributed by atoms with E-state index in [1.165, 1.54) is 26.4 Å². The number of aromatic nitrogens is 1. The van der Waals surface area contributed by atoms with E-state index >= 15 is 0 Å². The van der Waals surface area contributed by atoms with Gasteiger partial charge in [-0.1, -0.05) is 6.92 Å². The molecule has 18 heavy (non-hydrogen) atoms. The summed E-state index contributed by atoms with van der Waals surface area (Å²) in [6.07, 6.45) is 4.03. The summed E-state index contributed by atoms with van der Waals surface area (Å²) < 4.78 is 4.66. The second-order valence-electron chi connectivity index (χ2n) is 4.90. The van der Waals surface area contributed by atoms with Crippen LogP contribution in [0.25, 0.3) is 0 Å². The Hall–Kier alpha value is -1.10. The lowest BCUT2D eigenvalue weighted by atomic mass is 10.0. The van der Waals surface area contributed by atoms with Crippen LogP contribution >= 0.6 is 11.3 Å². The molecule has 1 fully saturated rings. The fourth-order valence-electron chi connectivity index (χ4n) is 2.20. The first-order chi connectivity index (χ1) is 8.69. The van der Waals surface area contributed by atoms with Gasteiger partial charge in [-0.3, -0.25) is 4.79 Å². The van der Waals surface area contributed by atoms with Crippen LogP contribution in [0.15, 0.2) is 5.38 Å². The molecule has 0 saturated carbocycles. The quantitative estimate of drug-likeness (QED) is 0.790. The van der Waals surface area contributed by atoms with Crippen LogP contribution in [0.4, 0.5) is 5.13 Å². The van der Waals surface area contributed by atoms with Crippen LogP contribution in [0, 0.1) is 5.92 Å². The van der Waals surface area contributed by atoms with Gasteiger partial charge in [-0.05, 0) is 25.2 Å². The van der Waals surface area contributed by atoms with E-state index in [2.05, 4.69) is 21.5 Å². The number of esters is 1. The van der Waals surface area contributed by atoms with Gasteiger partial charge in [0, 0.05) is 18.5 Å². The number of hydrogen-bond acceptors (Lipinski definition) is 5. The molecule has 0 amide bonds. The van der Waals surface area contributed by atoms with Gasteiger partial charge in [0.1, 0.15) is 0 Å². The monoisotopic (exact) mass is 268 g/mol. The number of ether oxygens (including phenoxy) is 1. The summed E-state index contributed by atoms with van der Waals surface area (Å²) in [6.45, 7) is 4.47. The Morgan fingerprint density at radius 3 is 3.17 bits per heavy atom. The number of carbonyl (C=O) groups is 1.